The van der Waals surface area contributed by atoms with Crippen LogP contribution in [-0.2, 0) is 6.42 Å². The van der Waals surface area contributed by atoms with E-state index in [9.17, 15) is 5.11 Å². The van der Waals surface area contributed by atoms with Gasteiger partial charge >= 0.3 is 0 Å². The maximum absolute atomic E-state index is 10.8. The summed E-state index contributed by atoms with van der Waals surface area (Å²) in [7, 11) is 0. The molecule has 0 aromatic heterocycles. The molecule has 1 fully saturated rings. The number of benzene rings is 2. The summed E-state index contributed by atoms with van der Waals surface area (Å²) in [4.78, 5) is 4.71. The summed E-state index contributed by atoms with van der Waals surface area (Å²) in [5.74, 6) is 2.62. The normalized spacial score (nSPS) is 22.1. The van der Waals surface area contributed by atoms with Crippen LogP contribution in [-0.4, -0.2) is 62.0 Å². The van der Waals surface area contributed by atoms with E-state index >= 15 is 0 Å². The highest BCUT2D eigenvalue weighted by Gasteiger charge is 2.24. The van der Waals surface area contributed by atoms with Crippen molar-refractivity contribution in [1.82, 2.24) is 4.90 Å². The minimum absolute atomic E-state index is 0.228. The predicted molar refractivity (Wildman–Crippen MR) is 111 cm³/mol. The number of hydrogen-bond donors (Lipinski definition) is 1. The molecule has 0 bridgehead atoms. The van der Waals surface area contributed by atoms with E-state index in [0.717, 1.165) is 55.4 Å². The maximum Gasteiger partial charge on any atom is 0.163 e. The van der Waals surface area contributed by atoms with Crippen molar-refractivity contribution >= 4 is 5.69 Å². The quantitative estimate of drug-likeness (QED) is 0.858. The highest BCUT2D eigenvalue weighted by atomic mass is 16.6. The highest BCUT2D eigenvalue weighted by molar-refractivity contribution is 5.57. The van der Waals surface area contributed by atoms with Crippen molar-refractivity contribution in [2.45, 2.75) is 25.6 Å². The van der Waals surface area contributed by atoms with Crippen LogP contribution in [0.4, 0.5) is 5.69 Å². The second kappa shape index (κ2) is 7.76. The summed E-state index contributed by atoms with van der Waals surface area (Å²) in [6.45, 7) is 7.68. The van der Waals surface area contributed by atoms with Crippen LogP contribution in [0.3, 0.4) is 0 Å². The van der Waals surface area contributed by atoms with E-state index < -0.39 is 6.10 Å². The summed E-state index contributed by atoms with van der Waals surface area (Å²) in [5.41, 5.74) is 3.36. The van der Waals surface area contributed by atoms with Gasteiger partial charge in [-0.05, 0) is 42.3 Å². The van der Waals surface area contributed by atoms with Crippen LogP contribution in [0.5, 0.6) is 17.2 Å². The Morgan fingerprint density at radius 3 is 2.55 bits per heavy atom. The molecule has 2 aromatic rings. The van der Waals surface area contributed by atoms with Gasteiger partial charge in [0.15, 0.2) is 11.5 Å². The van der Waals surface area contributed by atoms with E-state index in [0.29, 0.717) is 19.8 Å². The van der Waals surface area contributed by atoms with E-state index in [2.05, 4.69) is 34.9 Å². The summed E-state index contributed by atoms with van der Waals surface area (Å²) in [6.07, 6.45) is 0.674. The van der Waals surface area contributed by atoms with Crippen molar-refractivity contribution in [2.75, 3.05) is 50.8 Å². The molecular formula is C23H28N2O4. The first-order valence-electron chi connectivity index (χ1n) is 10.5. The Balaban J connectivity index is 1.18. The number of β-amino-alcohol motifs (C(OH)–C–C–N with tert-alkyl or cyclic N) is 1. The van der Waals surface area contributed by atoms with Crippen LogP contribution >= 0.6 is 0 Å². The van der Waals surface area contributed by atoms with E-state index in [1.807, 2.05) is 18.2 Å². The van der Waals surface area contributed by atoms with Crippen LogP contribution in [0, 0.1) is 0 Å². The lowest BCUT2D eigenvalue weighted by Gasteiger charge is -2.37. The Labute approximate surface area is 171 Å². The first-order valence-corrected chi connectivity index (χ1v) is 10.5. The van der Waals surface area contributed by atoms with Gasteiger partial charge in [0.05, 0.1) is 6.10 Å². The van der Waals surface area contributed by atoms with Gasteiger partial charge in [0.1, 0.15) is 25.1 Å². The lowest BCUT2D eigenvalue weighted by molar-refractivity contribution is 0.109. The smallest absolute Gasteiger partial charge is 0.163 e. The number of anilines is 1. The van der Waals surface area contributed by atoms with Gasteiger partial charge in [0.2, 0.25) is 0 Å². The number of ether oxygens (including phenoxy) is 3. The molecular weight excluding hydrogens is 368 g/mol. The van der Waals surface area contributed by atoms with Crippen LogP contribution in [0.2, 0.25) is 0 Å². The number of rotatable bonds is 4. The lowest BCUT2D eigenvalue weighted by Crippen LogP contribution is -2.47. The molecule has 0 saturated carbocycles. The molecule has 0 radical (unpaired) electrons. The Morgan fingerprint density at radius 2 is 1.72 bits per heavy atom. The third kappa shape index (κ3) is 3.87. The molecule has 3 aliphatic rings. The molecule has 1 N–H and O–H groups in total. The summed E-state index contributed by atoms with van der Waals surface area (Å²) in [5, 5.41) is 10.8. The van der Waals surface area contributed by atoms with Gasteiger partial charge in [-0.25, -0.2) is 0 Å². The fourth-order valence-electron chi connectivity index (χ4n) is 4.42. The van der Waals surface area contributed by atoms with E-state index in [-0.39, 0.29) is 6.10 Å². The third-order valence-corrected chi connectivity index (χ3v) is 6.00. The summed E-state index contributed by atoms with van der Waals surface area (Å²) >= 11 is 0. The Hall–Kier alpha value is -2.44. The van der Waals surface area contributed by atoms with Crippen LogP contribution < -0.4 is 19.1 Å². The van der Waals surface area contributed by atoms with Gasteiger partial charge in [-0.3, -0.25) is 4.90 Å². The number of fused-ring (bicyclic) bond motifs is 2. The van der Waals surface area contributed by atoms with Gasteiger partial charge in [-0.2, -0.15) is 0 Å². The average molecular weight is 396 g/mol. The maximum atomic E-state index is 10.8. The minimum Gasteiger partial charge on any atom is -0.490 e. The molecule has 154 valence electrons. The van der Waals surface area contributed by atoms with Gasteiger partial charge in [-0.15, -0.1) is 0 Å². The molecule has 2 atom stereocenters. The molecule has 6 heteroatoms. The van der Waals surface area contributed by atoms with Gasteiger partial charge < -0.3 is 24.2 Å². The number of hydrogen-bond acceptors (Lipinski definition) is 6. The van der Waals surface area contributed by atoms with E-state index in [1.54, 1.807) is 0 Å². The number of nitrogens with zero attached hydrogens (tertiary/aromatic N) is 2. The molecule has 0 unspecified atom stereocenters. The van der Waals surface area contributed by atoms with Crippen LogP contribution in [0.1, 0.15) is 24.2 Å². The fraction of sp³-hybridized carbons (Fsp3) is 0.478. The standard InChI is InChI=1S/C23H28N2O4/c1-16-12-18-13-17(2-4-21(18)29-16)20(26)15-24-6-8-25(9-7-24)19-3-5-22-23(14-19)28-11-10-27-22/h2-5,13-14,16,20,26H,6-12,15H2,1H3/t16-,20-/m1/s1. The Bertz CT molecular complexity index is 879. The molecule has 0 spiro atoms. The molecule has 6 nitrogen and oxygen atoms in total. The zero-order valence-electron chi connectivity index (χ0n) is 16.8. The van der Waals surface area contributed by atoms with Gasteiger partial charge in [-0.1, -0.05) is 6.07 Å². The second-order valence-corrected chi connectivity index (χ2v) is 8.13. The zero-order chi connectivity index (χ0) is 19.8. The van der Waals surface area contributed by atoms with Crippen LogP contribution in [0.25, 0.3) is 0 Å². The first-order chi connectivity index (χ1) is 14.2. The molecule has 1 saturated heterocycles. The number of aliphatic hydroxyl groups is 1. The van der Waals surface area contributed by atoms with Crippen molar-refractivity contribution in [2.24, 2.45) is 0 Å². The molecule has 3 heterocycles. The Morgan fingerprint density at radius 1 is 0.966 bits per heavy atom. The predicted octanol–water partition coefficient (Wildman–Crippen LogP) is 2.64. The second-order valence-electron chi connectivity index (χ2n) is 8.13. The lowest BCUT2D eigenvalue weighted by atomic mass is 10.0. The number of piperazine rings is 1. The molecule has 2 aromatic carbocycles. The van der Waals surface area contributed by atoms with Gasteiger partial charge in [0.25, 0.3) is 0 Å². The molecule has 0 aliphatic carbocycles. The number of aliphatic hydroxyl groups excluding tert-OH is 1. The highest BCUT2D eigenvalue weighted by Crippen LogP contribution is 2.34. The van der Waals surface area contributed by atoms with E-state index in [1.165, 1.54) is 11.3 Å². The first kappa shape index (κ1) is 18.6. The van der Waals surface area contributed by atoms with Crippen molar-refractivity contribution in [3.8, 4) is 17.2 Å². The zero-order valence-corrected chi connectivity index (χ0v) is 16.8. The van der Waals surface area contributed by atoms with Crippen LogP contribution in [0.15, 0.2) is 36.4 Å². The largest absolute Gasteiger partial charge is 0.490 e. The van der Waals surface area contributed by atoms with E-state index in [4.69, 9.17) is 14.2 Å². The molecule has 0 amide bonds. The van der Waals surface area contributed by atoms with Crippen molar-refractivity contribution < 1.29 is 19.3 Å². The molecule has 5 rings (SSSR count). The average Bonchev–Trinajstić information content (AvgIpc) is 3.13. The monoisotopic (exact) mass is 396 g/mol. The fourth-order valence-corrected chi connectivity index (χ4v) is 4.42. The van der Waals surface area contributed by atoms with Crippen molar-refractivity contribution in [3.05, 3.63) is 47.5 Å². The minimum atomic E-state index is -0.475. The summed E-state index contributed by atoms with van der Waals surface area (Å²) < 4.78 is 17.1. The summed E-state index contributed by atoms with van der Waals surface area (Å²) in [6, 6.07) is 12.3. The third-order valence-electron chi connectivity index (χ3n) is 6.00. The molecule has 29 heavy (non-hydrogen) atoms. The van der Waals surface area contributed by atoms with Gasteiger partial charge in [0, 0.05) is 50.9 Å². The Kier molecular flexibility index (Phi) is 4.97. The molecule has 3 aliphatic heterocycles. The van der Waals surface area contributed by atoms with Crippen molar-refractivity contribution in [1.29, 1.82) is 0 Å². The topological polar surface area (TPSA) is 54.4 Å². The SMILES string of the molecule is C[C@@H]1Cc2cc([C@H](O)CN3CCN(c4ccc5c(c4)OCCO5)CC3)ccc2O1. The van der Waals surface area contributed by atoms with Crippen molar-refractivity contribution in [3.63, 3.8) is 0 Å².